The van der Waals surface area contributed by atoms with Gasteiger partial charge in [0.25, 0.3) is 0 Å². The van der Waals surface area contributed by atoms with Crippen LogP contribution in [0.5, 0.6) is 0 Å². The Morgan fingerprint density at radius 2 is 0.794 bits per heavy atom. The predicted molar refractivity (Wildman–Crippen MR) is 500 cm³/mol. The van der Waals surface area contributed by atoms with E-state index in [-0.39, 0.29) is 95.0 Å². The quantitative estimate of drug-likeness (QED) is 0.0195. The molecule has 6 amide bonds. The third kappa shape index (κ3) is 29.5. The first-order valence-electron chi connectivity index (χ1n) is 44.8. The molecular formula is C104H123ClF2N12O7. The van der Waals surface area contributed by atoms with Crippen molar-refractivity contribution in [2.45, 2.75) is 126 Å². The molecule has 0 aromatic heterocycles. The highest BCUT2D eigenvalue weighted by atomic mass is 35.5. The number of carbonyl (C=O) groups is 6. The number of carbonyl (C=O) groups excluding carboxylic acids is 6. The van der Waals surface area contributed by atoms with E-state index in [0.717, 1.165) is 94.1 Å². The lowest BCUT2D eigenvalue weighted by Gasteiger charge is -2.31. The minimum Gasteiger partial charge on any atom is -0.379 e. The Labute approximate surface area is 747 Å². The molecule has 6 atom stereocenters. The molecule has 5 fully saturated rings. The zero-order valence-electron chi connectivity index (χ0n) is 72.7. The number of likely N-dealkylation sites (tertiary alicyclic amines) is 1. The Balaban J connectivity index is 0.000000172. The van der Waals surface area contributed by atoms with Crippen molar-refractivity contribution in [2.24, 2.45) is 5.73 Å². The van der Waals surface area contributed by atoms with Gasteiger partial charge in [-0.05, 0) is 177 Å². The maximum atomic E-state index is 14.1. The van der Waals surface area contributed by atoms with Crippen LogP contribution in [0.4, 0.5) is 8.78 Å². The molecule has 5 aliphatic rings. The van der Waals surface area contributed by atoms with E-state index >= 15 is 0 Å². The Bertz CT molecular complexity index is 4860. The van der Waals surface area contributed by atoms with Crippen molar-refractivity contribution < 1.29 is 42.3 Å². The molecule has 662 valence electrons. The van der Waals surface area contributed by atoms with E-state index in [1.165, 1.54) is 82.5 Å². The molecule has 0 saturated carbocycles. The monoisotopic (exact) mass is 1720 g/mol. The van der Waals surface area contributed by atoms with Crippen molar-refractivity contribution in [3.63, 3.8) is 0 Å². The molecule has 5 heterocycles. The zero-order chi connectivity index (χ0) is 88.2. The van der Waals surface area contributed by atoms with Gasteiger partial charge in [0.2, 0.25) is 35.4 Å². The molecular weight excluding hydrogens is 1600 g/mol. The van der Waals surface area contributed by atoms with Crippen LogP contribution in [0.15, 0.2) is 261 Å². The van der Waals surface area contributed by atoms with Crippen molar-refractivity contribution in [2.75, 3.05) is 118 Å². The number of halogens is 3. The SMILES string of the molecule is Cc1ccc(/C=C/C(=O)NC[C@@H]2CCN(CC(c3ccccc3)c3ccccc3)C(=O)[C@H](CCN)N2)c(C)c1.O=C(/C=C/c1ccc(Cl)cc1)NC[C@@H]1CCN(CC(c2ccccc2)c2ccccc2)C(=O)[C@H](CCN2CCOCC2)N1.O=C(/C=C/c1ccc(F)cc1F)NC[C@@H]1CCN(CC(c2ccccc2)c2ccccc2)C(=O)[C@H](CCN2CCCCC2)N1. The third-order valence-electron chi connectivity index (χ3n) is 24.4. The van der Waals surface area contributed by atoms with Gasteiger partial charge < -0.3 is 62.0 Å². The van der Waals surface area contributed by atoms with Gasteiger partial charge in [0.15, 0.2) is 0 Å². The van der Waals surface area contributed by atoms with Crippen molar-refractivity contribution >= 4 is 65.3 Å². The van der Waals surface area contributed by atoms with E-state index in [4.69, 9.17) is 22.1 Å². The highest BCUT2D eigenvalue weighted by molar-refractivity contribution is 6.30. The summed E-state index contributed by atoms with van der Waals surface area (Å²) in [6.45, 7) is 16.3. The lowest BCUT2D eigenvalue weighted by Crippen LogP contribution is -2.50. The second-order valence-electron chi connectivity index (χ2n) is 33.4. The second-order valence-corrected chi connectivity index (χ2v) is 33.8. The van der Waals surface area contributed by atoms with Gasteiger partial charge >= 0.3 is 0 Å². The van der Waals surface area contributed by atoms with Crippen molar-refractivity contribution in [3.8, 4) is 0 Å². The first-order valence-corrected chi connectivity index (χ1v) is 45.2. The normalized spacial score (nSPS) is 19.3. The highest BCUT2D eigenvalue weighted by Crippen LogP contribution is 2.32. The largest absolute Gasteiger partial charge is 0.379 e. The molecule has 126 heavy (non-hydrogen) atoms. The Kier molecular flexibility index (Phi) is 37.1. The number of nitrogens with zero attached hydrogens (tertiary/aromatic N) is 5. The van der Waals surface area contributed by atoms with Gasteiger partial charge in [-0.1, -0.05) is 236 Å². The number of hydrogen-bond donors (Lipinski definition) is 7. The number of benzene rings is 9. The summed E-state index contributed by atoms with van der Waals surface area (Å²) >= 11 is 5.97. The number of hydrogen-bond acceptors (Lipinski definition) is 13. The molecule has 14 rings (SSSR count). The fraction of sp³-hybridized carbons (Fsp3) is 0.365. The second kappa shape index (κ2) is 49.7. The number of nitrogens with two attached hydrogens (primary N) is 1. The maximum absolute atomic E-state index is 14.1. The van der Waals surface area contributed by atoms with Crippen LogP contribution in [0.2, 0.25) is 5.02 Å². The summed E-state index contributed by atoms with van der Waals surface area (Å²) < 4.78 is 32.7. The number of amides is 6. The van der Waals surface area contributed by atoms with Gasteiger partial charge in [-0.3, -0.25) is 33.7 Å². The van der Waals surface area contributed by atoms with Crippen molar-refractivity contribution in [1.29, 1.82) is 0 Å². The van der Waals surface area contributed by atoms with Gasteiger partial charge in [-0.15, -0.1) is 0 Å². The standard InChI is InChI=1S/C36H42F2N4O2.C35H41ClN4O3.C33H40N4O2/c37-30-16-14-29(33(38)24-30)15-17-35(43)39-25-31-18-23-42(36(44)34(40-31)19-22-41-20-8-3-9-21-41)26-32(27-10-4-1-5-11-27)28-12-6-2-7-13-28;36-30-14-11-27(12-15-30)13-16-34(41)37-25-31-17-20-40(35(42)33(38-31)18-19-39-21-23-43-24-22-39)26-32(28-7-3-1-4-8-28)29-9-5-2-6-10-29;1-24-13-14-26(25(2)21-24)15-16-32(38)35-22-29-18-20-37(33(39)31(36-29)17-19-34)23-30(27-9-5-3-6-10-27)28-11-7-4-8-12-28/h1-2,4-7,10-17,24,31-32,34,40H,3,8-9,18-23,25-26H2,(H,39,43);1-16,31-33,38H,17-26H2,(H,37,41);3-16,21,29-31,36H,17-20,22-23,34H2,1-2H3,(H,35,38)/b17-15+;16-13+;16-15+/t31-,34-;31-,33-;29-,31-/m000/s1. The number of ether oxygens (including phenoxy) is 1. The fourth-order valence-corrected chi connectivity index (χ4v) is 17.4. The van der Waals surface area contributed by atoms with E-state index in [1.54, 1.807) is 24.3 Å². The molecule has 5 aliphatic heterocycles. The smallest absolute Gasteiger partial charge is 0.244 e. The summed E-state index contributed by atoms with van der Waals surface area (Å²) in [5, 5.41) is 20.3. The molecule has 0 radical (unpaired) electrons. The van der Waals surface area contributed by atoms with E-state index < -0.39 is 11.6 Å². The van der Waals surface area contributed by atoms with Gasteiger partial charge in [-0.2, -0.15) is 0 Å². The van der Waals surface area contributed by atoms with Crippen LogP contribution in [0, 0.1) is 25.5 Å². The summed E-state index contributed by atoms with van der Waals surface area (Å²) in [6.07, 6.45) is 17.1. The van der Waals surface area contributed by atoms with Crippen LogP contribution in [0.1, 0.15) is 137 Å². The van der Waals surface area contributed by atoms with E-state index in [9.17, 15) is 37.5 Å². The van der Waals surface area contributed by atoms with Crippen LogP contribution in [-0.2, 0) is 33.5 Å². The average molecular weight is 1730 g/mol. The molecule has 0 aliphatic carbocycles. The van der Waals surface area contributed by atoms with Crippen molar-refractivity contribution in [3.05, 3.63) is 339 Å². The number of piperidine rings is 1. The van der Waals surface area contributed by atoms with Gasteiger partial charge in [-0.25, -0.2) is 8.78 Å². The maximum Gasteiger partial charge on any atom is 0.244 e. The van der Waals surface area contributed by atoms with Crippen LogP contribution in [0.25, 0.3) is 18.2 Å². The first kappa shape index (κ1) is 94.0. The average Bonchev–Trinajstić information content (AvgIpc) is 1.37. The molecule has 9 aromatic carbocycles. The summed E-state index contributed by atoms with van der Waals surface area (Å²) in [7, 11) is 0. The summed E-state index contributed by atoms with van der Waals surface area (Å²) in [5.41, 5.74) is 17.4. The zero-order valence-corrected chi connectivity index (χ0v) is 73.4. The summed E-state index contributed by atoms with van der Waals surface area (Å²) in [5.74, 6) is -1.60. The molecule has 0 bridgehead atoms. The molecule has 0 unspecified atom stereocenters. The predicted octanol–water partition coefficient (Wildman–Crippen LogP) is 14.1. The molecule has 19 nitrogen and oxygen atoms in total. The highest BCUT2D eigenvalue weighted by Gasteiger charge is 2.37. The van der Waals surface area contributed by atoms with Crippen LogP contribution in [0.3, 0.4) is 0 Å². The fourth-order valence-electron chi connectivity index (χ4n) is 17.2. The minimum atomic E-state index is -0.723. The van der Waals surface area contributed by atoms with Gasteiger partial charge in [0.1, 0.15) is 11.6 Å². The van der Waals surface area contributed by atoms with Gasteiger partial charge in [0, 0.05) is 156 Å². The number of rotatable bonds is 32. The van der Waals surface area contributed by atoms with Crippen LogP contribution >= 0.6 is 11.6 Å². The molecule has 8 N–H and O–H groups in total. The molecule has 0 spiro atoms. The van der Waals surface area contributed by atoms with E-state index in [0.29, 0.717) is 96.2 Å². The Morgan fingerprint density at radius 1 is 0.437 bits per heavy atom. The van der Waals surface area contributed by atoms with Gasteiger partial charge in [0.05, 0.1) is 31.3 Å². The van der Waals surface area contributed by atoms with Crippen LogP contribution < -0.4 is 37.6 Å². The lowest BCUT2D eigenvalue weighted by molar-refractivity contribution is -0.133. The summed E-state index contributed by atoms with van der Waals surface area (Å²) in [6, 6.07) is 77.7. The number of morpholine rings is 1. The molecule has 5 saturated heterocycles. The lowest BCUT2D eigenvalue weighted by atomic mass is 9.90. The van der Waals surface area contributed by atoms with Crippen molar-refractivity contribution in [1.82, 2.24) is 56.4 Å². The molecule has 9 aromatic rings. The first-order chi connectivity index (χ1) is 61.4. The summed E-state index contributed by atoms with van der Waals surface area (Å²) in [4.78, 5) is 90.5. The van der Waals surface area contributed by atoms with Crippen LogP contribution in [-0.4, -0.2) is 214 Å². The number of nitrogens with one attached hydrogen (secondary N) is 6. The Hall–Kier alpha value is -11.1. The molecule has 22 heteroatoms. The topological polar surface area (TPSA) is 226 Å². The van der Waals surface area contributed by atoms with E-state index in [1.807, 2.05) is 137 Å². The van der Waals surface area contributed by atoms with E-state index in [2.05, 4.69) is 152 Å². The minimum absolute atomic E-state index is 0.0246. The number of aryl methyl sites for hydroxylation is 2. The Morgan fingerprint density at radius 3 is 1.17 bits per heavy atom. The third-order valence-corrected chi connectivity index (χ3v) is 24.6.